The van der Waals surface area contributed by atoms with E-state index >= 15 is 0 Å². The average Bonchev–Trinajstić information content (AvgIpc) is 2.39. The van der Waals surface area contributed by atoms with E-state index in [1.807, 2.05) is 24.3 Å². The molecule has 0 unspecified atom stereocenters. The molecule has 0 amide bonds. The zero-order chi connectivity index (χ0) is 13.8. The summed E-state index contributed by atoms with van der Waals surface area (Å²) in [5.41, 5.74) is 2.19. The Balaban J connectivity index is 2.24. The van der Waals surface area contributed by atoms with Gasteiger partial charge in [0.25, 0.3) is 0 Å². The van der Waals surface area contributed by atoms with Crippen LogP contribution in [-0.2, 0) is 12.8 Å². The summed E-state index contributed by atoms with van der Waals surface area (Å²) in [5.74, 6) is -0.693. The summed E-state index contributed by atoms with van der Waals surface area (Å²) >= 11 is 5.79. The molecule has 4 nitrogen and oxygen atoms in total. The van der Waals surface area contributed by atoms with Crippen LogP contribution in [0.3, 0.4) is 0 Å². The van der Waals surface area contributed by atoms with E-state index in [9.17, 15) is 4.79 Å². The number of halogens is 1. The van der Waals surface area contributed by atoms with Crippen molar-refractivity contribution in [1.29, 1.82) is 0 Å². The van der Waals surface area contributed by atoms with Crippen molar-refractivity contribution < 1.29 is 9.90 Å². The molecule has 19 heavy (non-hydrogen) atoms. The molecule has 0 aliphatic heterocycles. The average molecular weight is 277 g/mol. The van der Waals surface area contributed by atoms with E-state index in [0.717, 1.165) is 12.0 Å². The van der Waals surface area contributed by atoms with Crippen LogP contribution in [-0.4, -0.2) is 21.0 Å². The number of rotatable bonds is 4. The number of aromatic carboxylic acids is 1. The number of aryl methyl sites for hydroxylation is 1. The van der Waals surface area contributed by atoms with Crippen molar-refractivity contribution in [3.63, 3.8) is 0 Å². The lowest BCUT2D eigenvalue weighted by molar-refractivity contribution is 0.0690. The van der Waals surface area contributed by atoms with Crippen LogP contribution < -0.4 is 0 Å². The van der Waals surface area contributed by atoms with E-state index < -0.39 is 5.97 Å². The van der Waals surface area contributed by atoms with Crippen LogP contribution in [0.2, 0.25) is 5.15 Å². The minimum atomic E-state index is -1.10. The summed E-state index contributed by atoms with van der Waals surface area (Å²) in [7, 11) is 0. The molecule has 1 aromatic carbocycles. The fourth-order valence-corrected chi connectivity index (χ4v) is 1.93. The van der Waals surface area contributed by atoms with Crippen LogP contribution in [0.25, 0.3) is 0 Å². The van der Waals surface area contributed by atoms with Gasteiger partial charge in [-0.15, -0.1) is 0 Å². The smallest absolute Gasteiger partial charge is 0.354 e. The summed E-state index contributed by atoms with van der Waals surface area (Å²) in [5, 5.41) is 9.07. The maximum Gasteiger partial charge on any atom is 0.354 e. The molecule has 2 rings (SSSR count). The Hall–Kier alpha value is -1.94. The molecular formula is C14H13ClN2O2. The van der Waals surface area contributed by atoms with Crippen molar-refractivity contribution >= 4 is 17.6 Å². The molecule has 2 aromatic rings. The molecule has 0 fully saturated rings. The van der Waals surface area contributed by atoms with Crippen molar-refractivity contribution in [2.45, 2.75) is 19.8 Å². The number of benzene rings is 1. The Bertz CT molecular complexity index is 597. The van der Waals surface area contributed by atoms with Crippen molar-refractivity contribution in [2.24, 2.45) is 0 Å². The van der Waals surface area contributed by atoms with Crippen molar-refractivity contribution in [2.75, 3.05) is 0 Å². The third-order valence-corrected chi connectivity index (χ3v) is 2.95. The van der Waals surface area contributed by atoms with Crippen molar-refractivity contribution in [1.82, 2.24) is 9.97 Å². The zero-order valence-corrected chi connectivity index (χ0v) is 11.2. The van der Waals surface area contributed by atoms with E-state index in [0.29, 0.717) is 12.2 Å². The van der Waals surface area contributed by atoms with Gasteiger partial charge in [-0.2, -0.15) is 0 Å². The summed E-state index contributed by atoms with van der Waals surface area (Å²) in [6.45, 7) is 2.09. The molecule has 98 valence electrons. The third-order valence-electron chi connectivity index (χ3n) is 2.75. The Labute approximate surface area is 116 Å². The molecular weight excluding hydrogens is 264 g/mol. The first-order valence-electron chi connectivity index (χ1n) is 5.93. The normalized spacial score (nSPS) is 10.4. The number of hydrogen-bond acceptors (Lipinski definition) is 3. The van der Waals surface area contributed by atoms with Gasteiger partial charge in [0.2, 0.25) is 0 Å². The summed E-state index contributed by atoms with van der Waals surface area (Å²) in [4.78, 5) is 18.9. The predicted octanol–water partition coefficient (Wildman–Crippen LogP) is 2.98. The third kappa shape index (κ3) is 3.51. The first-order valence-corrected chi connectivity index (χ1v) is 6.31. The quantitative estimate of drug-likeness (QED) is 0.872. The van der Waals surface area contributed by atoms with Crippen molar-refractivity contribution in [3.05, 3.63) is 58.1 Å². The van der Waals surface area contributed by atoms with E-state index in [1.165, 1.54) is 11.6 Å². The standard InChI is InChI=1S/C14H13ClN2O2/c1-2-9-3-5-10(6-4-9)7-13-16-11(14(18)19)8-12(15)17-13/h3-6,8H,2,7H2,1H3,(H,18,19). The summed E-state index contributed by atoms with van der Waals surface area (Å²) in [6.07, 6.45) is 1.45. The van der Waals surface area contributed by atoms with Gasteiger partial charge >= 0.3 is 5.97 Å². The predicted molar refractivity (Wildman–Crippen MR) is 72.6 cm³/mol. The maximum absolute atomic E-state index is 10.9. The topological polar surface area (TPSA) is 63.1 Å². The lowest BCUT2D eigenvalue weighted by atomic mass is 10.1. The molecule has 0 atom stereocenters. The molecule has 0 aliphatic carbocycles. The molecule has 5 heteroatoms. The Morgan fingerprint density at radius 1 is 1.21 bits per heavy atom. The number of carboxylic acid groups (broad SMARTS) is 1. The SMILES string of the molecule is CCc1ccc(Cc2nc(Cl)cc(C(=O)O)n2)cc1. The maximum atomic E-state index is 10.9. The molecule has 1 aromatic heterocycles. The van der Waals surface area contributed by atoms with Gasteiger partial charge in [-0.1, -0.05) is 42.8 Å². The Morgan fingerprint density at radius 2 is 1.84 bits per heavy atom. The van der Waals surface area contributed by atoms with Crippen molar-refractivity contribution in [3.8, 4) is 0 Å². The van der Waals surface area contributed by atoms with Gasteiger partial charge in [0.05, 0.1) is 0 Å². The highest BCUT2D eigenvalue weighted by Crippen LogP contribution is 2.12. The second-order valence-corrected chi connectivity index (χ2v) is 4.53. The highest BCUT2D eigenvalue weighted by atomic mass is 35.5. The highest BCUT2D eigenvalue weighted by Gasteiger charge is 2.09. The zero-order valence-electron chi connectivity index (χ0n) is 10.4. The van der Waals surface area contributed by atoms with Crippen LogP contribution in [0.15, 0.2) is 30.3 Å². The van der Waals surface area contributed by atoms with Crippen LogP contribution >= 0.6 is 11.6 Å². The Kier molecular flexibility index (Phi) is 4.12. The number of carbonyl (C=O) groups is 1. The van der Waals surface area contributed by atoms with Crippen LogP contribution in [0.4, 0.5) is 0 Å². The summed E-state index contributed by atoms with van der Waals surface area (Å²) in [6, 6.07) is 9.30. The van der Waals surface area contributed by atoms with Gasteiger partial charge in [-0.05, 0) is 17.5 Å². The van der Waals surface area contributed by atoms with Crippen LogP contribution in [0, 0.1) is 0 Å². The minimum Gasteiger partial charge on any atom is -0.477 e. The van der Waals surface area contributed by atoms with E-state index in [4.69, 9.17) is 16.7 Å². The van der Waals surface area contributed by atoms with Gasteiger partial charge in [-0.3, -0.25) is 0 Å². The van der Waals surface area contributed by atoms with Crippen LogP contribution in [0.5, 0.6) is 0 Å². The lowest BCUT2D eigenvalue weighted by Gasteiger charge is -2.04. The van der Waals surface area contributed by atoms with Gasteiger partial charge in [-0.25, -0.2) is 14.8 Å². The largest absolute Gasteiger partial charge is 0.477 e. The fraction of sp³-hybridized carbons (Fsp3) is 0.214. The lowest BCUT2D eigenvalue weighted by Crippen LogP contribution is -2.06. The van der Waals surface area contributed by atoms with Gasteiger partial charge in [0.1, 0.15) is 11.0 Å². The fourth-order valence-electron chi connectivity index (χ4n) is 1.73. The monoisotopic (exact) mass is 276 g/mol. The van der Waals surface area contributed by atoms with E-state index in [2.05, 4.69) is 16.9 Å². The number of aromatic nitrogens is 2. The van der Waals surface area contributed by atoms with Gasteiger partial charge in [0.15, 0.2) is 5.69 Å². The number of nitrogens with zero attached hydrogens (tertiary/aromatic N) is 2. The first kappa shape index (κ1) is 13.5. The second kappa shape index (κ2) is 5.80. The first-order chi connectivity index (χ1) is 9.08. The second-order valence-electron chi connectivity index (χ2n) is 4.14. The number of hydrogen-bond donors (Lipinski definition) is 1. The molecule has 0 saturated carbocycles. The number of carboxylic acids is 1. The van der Waals surface area contributed by atoms with E-state index in [-0.39, 0.29) is 10.8 Å². The minimum absolute atomic E-state index is 0.0832. The highest BCUT2D eigenvalue weighted by molar-refractivity contribution is 6.29. The molecule has 1 heterocycles. The molecule has 0 saturated heterocycles. The molecule has 0 spiro atoms. The molecule has 0 bridgehead atoms. The Morgan fingerprint density at radius 3 is 2.42 bits per heavy atom. The van der Waals surface area contributed by atoms with Crippen LogP contribution in [0.1, 0.15) is 34.4 Å². The van der Waals surface area contributed by atoms with E-state index in [1.54, 1.807) is 0 Å². The van der Waals surface area contributed by atoms with Gasteiger partial charge in [0, 0.05) is 12.5 Å². The molecule has 0 aliphatic rings. The summed E-state index contributed by atoms with van der Waals surface area (Å²) < 4.78 is 0. The molecule has 1 N–H and O–H groups in total. The molecule has 0 radical (unpaired) electrons. The van der Waals surface area contributed by atoms with Gasteiger partial charge < -0.3 is 5.11 Å².